The number of thiophene rings is 1. The largest absolute Gasteiger partial charge is 0.494 e. The highest BCUT2D eigenvalue weighted by Gasteiger charge is 2.08. The lowest BCUT2D eigenvalue weighted by Gasteiger charge is -2.01. The molecule has 1 nitrogen and oxygen atoms in total. The molecule has 0 aliphatic carbocycles. The number of hydrogen-bond acceptors (Lipinski definition) is 2. The molecule has 0 saturated carbocycles. The molecule has 0 fully saturated rings. The summed E-state index contributed by atoms with van der Waals surface area (Å²) in [7, 11) is 1.48. The first-order chi connectivity index (χ1) is 6.76. The smallest absolute Gasteiger partial charge is 0.165 e. The van der Waals surface area contributed by atoms with Crippen LogP contribution in [0.2, 0.25) is 0 Å². The maximum atomic E-state index is 13.4. The summed E-state index contributed by atoms with van der Waals surface area (Å²) in [6, 6.07) is 3.32. The Morgan fingerprint density at radius 3 is 2.86 bits per heavy atom. The topological polar surface area (TPSA) is 9.23 Å². The van der Waals surface area contributed by atoms with E-state index in [1.165, 1.54) is 12.7 Å². The zero-order valence-corrected chi connectivity index (χ0v) is 8.95. The molecule has 0 spiro atoms. The third kappa shape index (κ3) is 1.38. The molecule has 14 heavy (non-hydrogen) atoms. The van der Waals surface area contributed by atoms with E-state index in [0.717, 1.165) is 16.5 Å². The van der Waals surface area contributed by atoms with Gasteiger partial charge in [0, 0.05) is 10.8 Å². The molecule has 1 aromatic heterocycles. The molecular weight excluding hydrogens is 199 g/mol. The number of benzene rings is 1. The summed E-state index contributed by atoms with van der Waals surface area (Å²) in [5.74, 6) is 0.0371. The normalized spacial score (nSPS) is 10.8. The fraction of sp³-hybridized carbons (Fsp3) is 0.273. The van der Waals surface area contributed by atoms with Crippen LogP contribution in [0.4, 0.5) is 4.39 Å². The van der Waals surface area contributed by atoms with E-state index in [2.05, 4.69) is 12.3 Å². The number of hydrogen-bond donors (Lipinski definition) is 0. The Kier molecular flexibility index (Phi) is 2.42. The molecule has 2 aromatic rings. The van der Waals surface area contributed by atoms with Gasteiger partial charge in [-0.2, -0.15) is 0 Å². The van der Waals surface area contributed by atoms with Crippen LogP contribution in [-0.4, -0.2) is 7.11 Å². The molecule has 0 saturated heterocycles. The Morgan fingerprint density at radius 1 is 1.43 bits per heavy atom. The number of fused-ring (bicyclic) bond motifs is 1. The van der Waals surface area contributed by atoms with E-state index in [-0.39, 0.29) is 5.82 Å². The van der Waals surface area contributed by atoms with Crippen molar-refractivity contribution in [2.24, 2.45) is 0 Å². The van der Waals surface area contributed by atoms with Gasteiger partial charge < -0.3 is 4.74 Å². The fourth-order valence-corrected chi connectivity index (χ4v) is 2.57. The summed E-state index contributed by atoms with van der Waals surface area (Å²) in [5.41, 5.74) is 1.20. The van der Waals surface area contributed by atoms with E-state index in [0.29, 0.717) is 5.75 Å². The SMILES string of the molecule is CCc1csc2cc(OC)c(F)cc12. The molecule has 2 rings (SSSR count). The predicted octanol–water partition coefficient (Wildman–Crippen LogP) is 3.61. The van der Waals surface area contributed by atoms with Crippen LogP contribution in [0, 0.1) is 5.82 Å². The van der Waals surface area contributed by atoms with E-state index >= 15 is 0 Å². The number of methoxy groups -OCH3 is 1. The summed E-state index contributed by atoms with van der Waals surface area (Å²) in [6.45, 7) is 2.07. The molecule has 0 amide bonds. The summed E-state index contributed by atoms with van der Waals surface area (Å²) < 4.78 is 19.4. The molecule has 0 aliphatic rings. The summed E-state index contributed by atoms with van der Waals surface area (Å²) in [5, 5.41) is 3.08. The van der Waals surface area contributed by atoms with Crippen molar-refractivity contribution < 1.29 is 9.13 Å². The molecule has 0 bridgehead atoms. The predicted molar refractivity (Wildman–Crippen MR) is 57.7 cm³/mol. The minimum Gasteiger partial charge on any atom is -0.494 e. The first kappa shape index (κ1) is 9.46. The highest BCUT2D eigenvalue weighted by atomic mass is 32.1. The van der Waals surface area contributed by atoms with Gasteiger partial charge in [-0.3, -0.25) is 0 Å². The van der Waals surface area contributed by atoms with Crippen molar-refractivity contribution in [2.45, 2.75) is 13.3 Å². The number of ether oxygens (including phenoxy) is 1. The number of aryl methyl sites for hydroxylation is 1. The van der Waals surface area contributed by atoms with E-state index in [1.807, 2.05) is 0 Å². The molecule has 3 heteroatoms. The van der Waals surface area contributed by atoms with Gasteiger partial charge in [-0.25, -0.2) is 4.39 Å². The van der Waals surface area contributed by atoms with Gasteiger partial charge in [0.1, 0.15) is 0 Å². The summed E-state index contributed by atoms with van der Waals surface area (Å²) in [4.78, 5) is 0. The molecule has 0 aliphatic heterocycles. The molecule has 74 valence electrons. The van der Waals surface area contributed by atoms with Crippen molar-refractivity contribution in [1.29, 1.82) is 0 Å². The Labute approximate surface area is 86.1 Å². The highest BCUT2D eigenvalue weighted by Crippen LogP contribution is 2.31. The molecular formula is C11H11FOS. The third-order valence-corrected chi connectivity index (χ3v) is 3.30. The van der Waals surface area contributed by atoms with E-state index in [4.69, 9.17) is 4.74 Å². The standard InChI is InChI=1S/C11H11FOS/c1-3-7-6-14-11-5-10(13-2)9(12)4-8(7)11/h4-6H,3H2,1-2H3. The Hall–Kier alpha value is -1.09. The fourth-order valence-electron chi connectivity index (χ4n) is 1.51. The zero-order valence-electron chi connectivity index (χ0n) is 8.13. The molecule has 1 heterocycles. The van der Waals surface area contributed by atoms with E-state index in [9.17, 15) is 4.39 Å². The number of rotatable bonds is 2. The second-order valence-corrected chi connectivity index (χ2v) is 4.01. The van der Waals surface area contributed by atoms with Gasteiger partial charge in [-0.05, 0) is 28.8 Å². The second kappa shape index (κ2) is 3.58. The maximum absolute atomic E-state index is 13.4. The molecule has 0 unspecified atom stereocenters. The van der Waals surface area contributed by atoms with Crippen molar-refractivity contribution in [2.75, 3.05) is 7.11 Å². The van der Waals surface area contributed by atoms with Crippen LogP contribution in [0.3, 0.4) is 0 Å². The van der Waals surface area contributed by atoms with Crippen LogP contribution in [0.1, 0.15) is 12.5 Å². The molecule has 0 atom stereocenters. The molecule has 0 N–H and O–H groups in total. The Morgan fingerprint density at radius 2 is 2.21 bits per heavy atom. The van der Waals surface area contributed by atoms with Crippen LogP contribution < -0.4 is 4.74 Å². The summed E-state index contributed by atoms with van der Waals surface area (Å²) in [6.07, 6.45) is 0.936. The average molecular weight is 210 g/mol. The minimum atomic E-state index is -0.284. The van der Waals surface area contributed by atoms with Gasteiger partial charge in [-0.1, -0.05) is 6.92 Å². The molecule has 0 radical (unpaired) electrons. The van der Waals surface area contributed by atoms with Crippen molar-refractivity contribution in [3.05, 3.63) is 28.9 Å². The van der Waals surface area contributed by atoms with Gasteiger partial charge in [-0.15, -0.1) is 11.3 Å². The van der Waals surface area contributed by atoms with Crippen molar-refractivity contribution in [3.8, 4) is 5.75 Å². The van der Waals surface area contributed by atoms with Crippen LogP contribution in [0.15, 0.2) is 17.5 Å². The average Bonchev–Trinajstić information content (AvgIpc) is 2.58. The van der Waals surface area contributed by atoms with Crippen LogP contribution in [-0.2, 0) is 6.42 Å². The van der Waals surface area contributed by atoms with Gasteiger partial charge in [0.15, 0.2) is 11.6 Å². The van der Waals surface area contributed by atoms with Gasteiger partial charge in [0.05, 0.1) is 7.11 Å². The minimum absolute atomic E-state index is 0.284. The van der Waals surface area contributed by atoms with Gasteiger partial charge >= 0.3 is 0 Å². The second-order valence-electron chi connectivity index (χ2n) is 3.10. The Bertz CT molecular complexity index is 462. The monoisotopic (exact) mass is 210 g/mol. The van der Waals surface area contributed by atoms with Gasteiger partial charge in [0.2, 0.25) is 0 Å². The maximum Gasteiger partial charge on any atom is 0.165 e. The van der Waals surface area contributed by atoms with Crippen molar-refractivity contribution in [1.82, 2.24) is 0 Å². The lowest BCUT2D eigenvalue weighted by atomic mass is 10.1. The third-order valence-electron chi connectivity index (χ3n) is 2.31. The van der Waals surface area contributed by atoms with Gasteiger partial charge in [0.25, 0.3) is 0 Å². The van der Waals surface area contributed by atoms with Crippen molar-refractivity contribution >= 4 is 21.4 Å². The van der Waals surface area contributed by atoms with Crippen molar-refractivity contribution in [3.63, 3.8) is 0 Å². The lowest BCUT2D eigenvalue weighted by molar-refractivity contribution is 0.387. The summed E-state index contributed by atoms with van der Waals surface area (Å²) >= 11 is 1.63. The first-order valence-electron chi connectivity index (χ1n) is 4.50. The van der Waals surface area contributed by atoms with Crippen LogP contribution in [0.25, 0.3) is 10.1 Å². The van der Waals surface area contributed by atoms with E-state index < -0.39 is 0 Å². The number of halogens is 1. The lowest BCUT2D eigenvalue weighted by Crippen LogP contribution is -1.87. The first-order valence-corrected chi connectivity index (χ1v) is 5.37. The highest BCUT2D eigenvalue weighted by molar-refractivity contribution is 7.17. The van der Waals surface area contributed by atoms with Crippen LogP contribution in [0.5, 0.6) is 5.75 Å². The van der Waals surface area contributed by atoms with Crippen LogP contribution >= 0.6 is 11.3 Å². The van der Waals surface area contributed by atoms with E-state index in [1.54, 1.807) is 23.5 Å². The molecule has 1 aromatic carbocycles. The Balaban J connectivity index is 2.69. The quantitative estimate of drug-likeness (QED) is 0.735. The zero-order chi connectivity index (χ0) is 10.1.